The van der Waals surface area contributed by atoms with Gasteiger partial charge in [0.25, 0.3) is 0 Å². The first-order chi connectivity index (χ1) is 6.85. The number of ether oxygens (including phenoxy) is 1. The molecule has 15 heavy (non-hydrogen) atoms. The lowest BCUT2D eigenvalue weighted by Crippen LogP contribution is -1.97. The Labute approximate surface area is 95.4 Å². The van der Waals surface area contributed by atoms with Crippen LogP contribution in [0.3, 0.4) is 0 Å². The molecule has 80 valence electrons. The standard InChI is InChI=1S/C12H13NO.ClH/c1-14-11-6-5-9-3-2-4-10(8-13)12(9)7-11;/h2-7H,8,13H2,1H3;1H. The van der Waals surface area contributed by atoms with E-state index in [9.17, 15) is 0 Å². The molecule has 0 spiro atoms. The molecule has 0 saturated heterocycles. The van der Waals surface area contributed by atoms with E-state index in [2.05, 4.69) is 6.07 Å². The van der Waals surface area contributed by atoms with Crippen LogP contribution < -0.4 is 10.5 Å². The zero-order valence-corrected chi connectivity index (χ0v) is 9.38. The van der Waals surface area contributed by atoms with Crippen LogP contribution in [0, 0.1) is 0 Å². The Morgan fingerprint density at radius 2 is 2.00 bits per heavy atom. The number of hydrogen-bond donors (Lipinski definition) is 1. The van der Waals surface area contributed by atoms with E-state index >= 15 is 0 Å². The quantitative estimate of drug-likeness (QED) is 0.850. The minimum Gasteiger partial charge on any atom is -0.497 e. The minimum absolute atomic E-state index is 0. The topological polar surface area (TPSA) is 35.2 Å². The summed E-state index contributed by atoms with van der Waals surface area (Å²) in [5.41, 5.74) is 6.82. The molecule has 2 aromatic rings. The van der Waals surface area contributed by atoms with Gasteiger partial charge in [0.2, 0.25) is 0 Å². The van der Waals surface area contributed by atoms with E-state index in [-0.39, 0.29) is 12.4 Å². The van der Waals surface area contributed by atoms with Gasteiger partial charge in [-0.05, 0) is 28.5 Å². The highest BCUT2D eigenvalue weighted by atomic mass is 35.5. The molecule has 0 unspecified atom stereocenters. The summed E-state index contributed by atoms with van der Waals surface area (Å²) in [5, 5.41) is 2.38. The molecule has 2 nitrogen and oxygen atoms in total. The first kappa shape index (κ1) is 11.8. The van der Waals surface area contributed by atoms with Gasteiger partial charge >= 0.3 is 0 Å². The lowest BCUT2D eigenvalue weighted by atomic mass is 10.0. The molecule has 0 aliphatic rings. The van der Waals surface area contributed by atoms with Crippen molar-refractivity contribution in [1.29, 1.82) is 0 Å². The van der Waals surface area contributed by atoms with Crippen LogP contribution in [-0.2, 0) is 6.54 Å². The fourth-order valence-electron chi connectivity index (χ4n) is 1.62. The van der Waals surface area contributed by atoms with Crippen LogP contribution in [0.2, 0.25) is 0 Å². The predicted octanol–water partition coefficient (Wildman–Crippen LogP) is 2.73. The van der Waals surface area contributed by atoms with E-state index < -0.39 is 0 Å². The van der Waals surface area contributed by atoms with Gasteiger partial charge in [0.05, 0.1) is 7.11 Å². The van der Waals surface area contributed by atoms with Crippen LogP contribution in [0.1, 0.15) is 5.56 Å². The summed E-state index contributed by atoms with van der Waals surface area (Å²) < 4.78 is 5.18. The molecule has 0 radical (unpaired) electrons. The summed E-state index contributed by atoms with van der Waals surface area (Å²) in [6, 6.07) is 12.2. The average Bonchev–Trinajstić information content (AvgIpc) is 2.27. The van der Waals surface area contributed by atoms with Crippen molar-refractivity contribution in [3.05, 3.63) is 42.0 Å². The second-order valence-corrected chi connectivity index (χ2v) is 3.21. The maximum Gasteiger partial charge on any atom is 0.119 e. The molecule has 0 fully saturated rings. The first-order valence-electron chi connectivity index (χ1n) is 4.61. The summed E-state index contributed by atoms with van der Waals surface area (Å²) in [6.07, 6.45) is 0. The van der Waals surface area contributed by atoms with Crippen molar-refractivity contribution >= 4 is 23.2 Å². The summed E-state index contributed by atoms with van der Waals surface area (Å²) in [5.74, 6) is 0.874. The monoisotopic (exact) mass is 223 g/mol. The van der Waals surface area contributed by atoms with Crippen molar-refractivity contribution in [1.82, 2.24) is 0 Å². The van der Waals surface area contributed by atoms with E-state index in [1.807, 2.05) is 30.3 Å². The van der Waals surface area contributed by atoms with Gasteiger partial charge in [0, 0.05) is 6.54 Å². The molecule has 0 bridgehead atoms. The van der Waals surface area contributed by atoms with E-state index in [1.165, 1.54) is 10.8 Å². The van der Waals surface area contributed by atoms with Gasteiger partial charge in [0.1, 0.15) is 5.75 Å². The smallest absolute Gasteiger partial charge is 0.119 e. The average molecular weight is 224 g/mol. The summed E-state index contributed by atoms with van der Waals surface area (Å²) in [4.78, 5) is 0. The fourth-order valence-corrected chi connectivity index (χ4v) is 1.62. The molecular weight excluding hydrogens is 210 g/mol. The van der Waals surface area contributed by atoms with Gasteiger partial charge < -0.3 is 10.5 Å². The predicted molar refractivity (Wildman–Crippen MR) is 65.6 cm³/mol. The Morgan fingerprint density at radius 3 is 2.67 bits per heavy atom. The highest BCUT2D eigenvalue weighted by molar-refractivity contribution is 5.87. The Bertz CT molecular complexity index is 456. The zero-order chi connectivity index (χ0) is 9.97. The molecule has 2 aromatic carbocycles. The Morgan fingerprint density at radius 1 is 1.20 bits per heavy atom. The third-order valence-electron chi connectivity index (χ3n) is 2.40. The van der Waals surface area contributed by atoms with Crippen LogP contribution in [-0.4, -0.2) is 7.11 Å². The molecular formula is C12H14ClNO. The largest absolute Gasteiger partial charge is 0.497 e. The summed E-state index contributed by atoms with van der Waals surface area (Å²) >= 11 is 0. The van der Waals surface area contributed by atoms with Crippen LogP contribution in [0.15, 0.2) is 36.4 Å². The third-order valence-corrected chi connectivity index (χ3v) is 2.40. The molecule has 0 atom stereocenters. The Kier molecular flexibility index (Phi) is 3.95. The maximum absolute atomic E-state index is 5.67. The molecule has 0 amide bonds. The molecule has 0 aliphatic carbocycles. The molecule has 0 saturated carbocycles. The number of halogens is 1. The van der Waals surface area contributed by atoms with Gasteiger partial charge in [-0.1, -0.05) is 24.3 Å². The van der Waals surface area contributed by atoms with E-state index in [0.29, 0.717) is 6.54 Å². The van der Waals surface area contributed by atoms with Gasteiger partial charge in [0.15, 0.2) is 0 Å². The highest BCUT2D eigenvalue weighted by Crippen LogP contribution is 2.23. The van der Waals surface area contributed by atoms with E-state index in [4.69, 9.17) is 10.5 Å². The van der Waals surface area contributed by atoms with Crippen molar-refractivity contribution < 1.29 is 4.74 Å². The Hall–Kier alpha value is -1.25. The second kappa shape index (κ2) is 5.01. The van der Waals surface area contributed by atoms with Gasteiger partial charge in [-0.25, -0.2) is 0 Å². The van der Waals surface area contributed by atoms with Crippen molar-refractivity contribution in [2.24, 2.45) is 5.73 Å². The van der Waals surface area contributed by atoms with Crippen molar-refractivity contribution in [2.75, 3.05) is 7.11 Å². The van der Waals surface area contributed by atoms with E-state index in [0.717, 1.165) is 11.3 Å². The number of fused-ring (bicyclic) bond motifs is 1. The van der Waals surface area contributed by atoms with Gasteiger partial charge in [-0.3, -0.25) is 0 Å². The van der Waals surface area contributed by atoms with Crippen LogP contribution >= 0.6 is 12.4 Å². The van der Waals surface area contributed by atoms with Crippen molar-refractivity contribution in [2.45, 2.75) is 6.54 Å². The van der Waals surface area contributed by atoms with E-state index in [1.54, 1.807) is 7.11 Å². The lowest BCUT2D eigenvalue weighted by molar-refractivity contribution is 0.415. The normalized spacial score (nSPS) is 9.73. The molecule has 2 rings (SSSR count). The number of nitrogens with two attached hydrogens (primary N) is 1. The number of benzene rings is 2. The number of methoxy groups -OCH3 is 1. The number of rotatable bonds is 2. The molecule has 0 heterocycles. The Balaban J connectivity index is 0.00000112. The molecule has 0 aromatic heterocycles. The van der Waals surface area contributed by atoms with Gasteiger partial charge in [-0.2, -0.15) is 0 Å². The van der Waals surface area contributed by atoms with Crippen LogP contribution in [0.4, 0.5) is 0 Å². The first-order valence-corrected chi connectivity index (χ1v) is 4.61. The second-order valence-electron chi connectivity index (χ2n) is 3.21. The third kappa shape index (κ3) is 2.22. The van der Waals surface area contributed by atoms with Crippen molar-refractivity contribution in [3.8, 4) is 5.75 Å². The van der Waals surface area contributed by atoms with Crippen LogP contribution in [0.25, 0.3) is 10.8 Å². The molecule has 3 heteroatoms. The molecule has 0 aliphatic heterocycles. The van der Waals surface area contributed by atoms with Gasteiger partial charge in [-0.15, -0.1) is 12.4 Å². The highest BCUT2D eigenvalue weighted by Gasteiger charge is 2.00. The van der Waals surface area contributed by atoms with Crippen LogP contribution in [0.5, 0.6) is 5.75 Å². The number of hydrogen-bond acceptors (Lipinski definition) is 2. The SMILES string of the molecule is COc1ccc2cccc(CN)c2c1.Cl. The summed E-state index contributed by atoms with van der Waals surface area (Å²) in [6.45, 7) is 0.560. The molecule has 2 N–H and O–H groups in total. The summed E-state index contributed by atoms with van der Waals surface area (Å²) in [7, 11) is 1.67. The minimum atomic E-state index is 0. The fraction of sp³-hybridized carbons (Fsp3) is 0.167. The van der Waals surface area contributed by atoms with Crippen molar-refractivity contribution in [3.63, 3.8) is 0 Å². The zero-order valence-electron chi connectivity index (χ0n) is 8.57. The lowest BCUT2D eigenvalue weighted by Gasteiger charge is -2.06. The maximum atomic E-state index is 5.67.